The molecule has 0 aliphatic heterocycles. The van der Waals surface area contributed by atoms with Gasteiger partial charge in [-0.05, 0) is 62.2 Å². The molecule has 0 bridgehead atoms. The Hall–Kier alpha value is -2.32. The number of hydrogen-bond acceptors (Lipinski definition) is 6. The fourth-order valence-electron chi connectivity index (χ4n) is 2.24. The number of benzene rings is 2. The van der Waals surface area contributed by atoms with Crippen LogP contribution in [0.3, 0.4) is 0 Å². The van der Waals surface area contributed by atoms with Gasteiger partial charge in [-0.1, -0.05) is 34.1 Å². The molecule has 2 aromatic carbocycles. The lowest BCUT2D eigenvalue weighted by atomic mass is 10.2. The van der Waals surface area contributed by atoms with Gasteiger partial charge in [0.2, 0.25) is 5.91 Å². The Morgan fingerprint density at radius 3 is 2.50 bits per heavy atom. The monoisotopic (exact) mass is 492 g/mol. The van der Waals surface area contributed by atoms with Crippen LogP contribution in [-0.4, -0.2) is 36.1 Å². The molecule has 8 heteroatoms. The Bertz CT molecular complexity index is 879. The quantitative estimate of drug-likeness (QED) is 0.315. The second-order valence-electron chi connectivity index (χ2n) is 7.32. The van der Waals surface area contributed by atoms with Crippen molar-refractivity contribution in [1.82, 2.24) is 5.43 Å². The smallest absolute Gasteiger partial charge is 0.344 e. The number of nitrogens with one attached hydrogen (secondary N) is 1. The second-order valence-corrected chi connectivity index (χ2v) is 9.16. The number of esters is 1. The number of carbonyl (C=O) groups excluding carboxylic acids is 2. The van der Waals surface area contributed by atoms with Crippen molar-refractivity contribution in [2.45, 2.75) is 32.1 Å². The maximum Gasteiger partial charge on any atom is 0.344 e. The standard InChI is InChI=1S/C22H25BrN2O4S/c1-22(2,3)29-21(27)13-28-18-10-8-16(9-11-18)12-24-25-20(26)15-30-14-17-6-4-5-7-19(17)23/h4-12H,13-15H2,1-3H3,(H,25,26)/b24-12-. The molecule has 0 radical (unpaired) electrons. The van der Waals surface area contributed by atoms with E-state index in [2.05, 4.69) is 26.5 Å². The topological polar surface area (TPSA) is 77.0 Å². The number of hydrazone groups is 1. The predicted molar refractivity (Wildman–Crippen MR) is 124 cm³/mol. The van der Waals surface area contributed by atoms with Crippen molar-refractivity contribution in [3.63, 3.8) is 0 Å². The van der Waals surface area contributed by atoms with Gasteiger partial charge in [-0.2, -0.15) is 5.10 Å². The summed E-state index contributed by atoms with van der Waals surface area (Å²) in [7, 11) is 0. The first-order chi connectivity index (χ1) is 14.2. The highest BCUT2D eigenvalue weighted by Gasteiger charge is 2.16. The Kier molecular flexibility index (Phi) is 9.39. The third-order valence-electron chi connectivity index (χ3n) is 3.51. The summed E-state index contributed by atoms with van der Waals surface area (Å²) in [6, 6.07) is 14.9. The molecule has 2 aromatic rings. The van der Waals surface area contributed by atoms with Crippen LogP contribution in [0.5, 0.6) is 5.75 Å². The molecule has 1 N–H and O–H groups in total. The van der Waals surface area contributed by atoms with E-state index in [1.807, 2.05) is 24.3 Å². The van der Waals surface area contributed by atoms with Crippen molar-refractivity contribution < 1.29 is 19.1 Å². The first kappa shape index (κ1) is 24.0. The predicted octanol–water partition coefficient (Wildman–Crippen LogP) is 4.55. The molecule has 0 spiro atoms. The zero-order valence-corrected chi connectivity index (χ0v) is 19.6. The Balaban J connectivity index is 1.70. The summed E-state index contributed by atoms with van der Waals surface area (Å²) in [6.07, 6.45) is 1.55. The fourth-order valence-corrected chi connectivity index (χ4v) is 3.68. The molecule has 0 heterocycles. The van der Waals surface area contributed by atoms with E-state index in [-0.39, 0.29) is 12.5 Å². The molecule has 1 amide bonds. The van der Waals surface area contributed by atoms with E-state index in [0.717, 1.165) is 21.4 Å². The van der Waals surface area contributed by atoms with Gasteiger partial charge in [0.15, 0.2) is 6.61 Å². The number of hydrogen-bond donors (Lipinski definition) is 1. The van der Waals surface area contributed by atoms with E-state index in [1.165, 1.54) is 11.8 Å². The van der Waals surface area contributed by atoms with E-state index in [0.29, 0.717) is 11.5 Å². The summed E-state index contributed by atoms with van der Waals surface area (Å²) in [6.45, 7) is 5.26. The molecule has 0 saturated heterocycles. The van der Waals surface area contributed by atoms with Gasteiger partial charge in [0.1, 0.15) is 11.4 Å². The first-order valence-corrected chi connectivity index (χ1v) is 11.3. The highest BCUT2D eigenvalue weighted by Crippen LogP contribution is 2.21. The van der Waals surface area contributed by atoms with Gasteiger partial charge in [0.05, 0.1) is 12.0 Å². The summed E-state index contributed by atoms with van der Waals surface area (Å²) < 4.78 is 11.6. The summed E-state index contributed by atoms with van der Waals surface area (Å²) in [5.41, 5.74) is 3.91. The van der Waals surface area contributed by atoms with Crippen LogP contribution in [0.4, 0.5) is 0 Å². The van der Waals surface area contributed by atoms with Crippen LogP contribution in [0, 0.1) is 0 Å². The van der Waals surface area contributed by atoms with Gasteiger partial charge >= 0.3 is 5.97 Å². The minimum absolute atomic E-state index is 0.155. The van der Waals surface area contributed by atoms with E-state index in [9.17, 15) is 9.59 Å². The summed E-state index contributed by atoms with van der Waals surface area (Å²) in [4.78, 5) is 23.6. The SMILES string of the molecule is CC(C)(C)OC(=O)COc1ccc(/C=N\NC(=O)CSCc2ccccc2Br)cc1. The van der Waals surface area contributed by atoms with Gasteiger partial charge in [0.25, 0.3) is 0 Å². The normalized spacial score (nSPS) is 11.3. The molecule has 0 aliphatic rings. The maximum atomic E-state index is 11.9. The lowest BCUT2D eigenvalue weighted by Crippen LogP contribution is -2.27. The lowest BCUT2D eigenvalue weighted by molar-refractivity contribution is -0.157. The third-order valence-corrected chi connectivity index (χ3v) is 5.26. The van der Waals surface area contributed by atoms with E-state index >= 15 is 0 Å². The molecular weight excluding hydrogens is 468 g/mol. The van der Waals surface area contributed by atoms with Crippen LogP contribution in [-0.2, 0) is 20.1 Å². The average Bonchev–Trinajstić information content (AvgIpc) is 2.67. The van der Waals surface area contributed by atoms with Crippen molar-refractivity contribution in [1.29, 1.82) is 0 Å². The van der Waals surface area contributed by atoms with Gasteiger partial charge in [0, 0.05) is 10.2 Å². The highest BCUT2D eigenvalue weighted by molar-refractivity contribution is 9.10. The largest absolute Gasteiger partial charge is 0.482 e. The van der Waals surface area contributed by atoms with Crippen LogP contribution in [0.15, 0.2) is 58.1 Å². The molecular formula is C22H25BrN2O4S. The van der Waals surface area contributed by atoms with Gasteiger partial charge in [-0.15, -0.1) is 11.8 Å². The van der Waals surface area contributed by atoms with Gasteiger partial charge < -0.3 is 9.47 Å². The van der Waals surface area contributed by atoms with Crippen molar-refractivity contribution in [3.8, 4) is 5.75 Å². The number of amides is 1. The summed E-state index contributed by atoms with van der Waals surface area (Å²) in [5.74, 6) is 1.01. The minimum Gasteiger partial charge on any atom is -0.482 e. The lowest BCUT2D eigenvalue weighted by Gasteiger charge is -2.19. The van der Waals surface area contributed by atoms with E-state index < -0.39 is 11.6 Å². The molecule has 2 rings (SSSR count). The fraction of sp³-hybridized carbons (Fsp3) is 0.318. The molecule has 0 saturated carbocycles. The summed E-state index contributed by atoms with van der Waals surface area (Å²) >= 11 is 5.01. The van der Waals surface area contributed by atoms with Gasteiger partial charge in [-0.25, -0.2) is 10.2 Å². The number of rotatable bonds is 9. The molecule has 0 atom stereocenters. The van der Waals surface area contributed by atoms with Crippen LogP contribution in [0.25, 0.3) is 0 Å². The van der Waals surface area contributed by atoms with Crippen LogP contribution >= 0.6 is 27.7 Å². The molecule has 6 nitrogen and oxygen atoms in total. The van der Waals surface area contributed by atoms with Crippen LogP contribution in [0.1, 0.15) is 31.9 Å². The molecule has 160 valence electrons. The van der Waals surface area contributed by atoms with Crippen LogP contribution in [0.2, 0.25) is 0 Å². The van der Waals surface area contributed by atoms with Crippen molar-refractivity contribution in [2.24, 2.45) is 5.10 Å². The number of halogens is 1. The highest BCUT2D eigenvalue weighted by atomic mass is 79.9. The maximum absolute atomic E-state index is 11.9. The van der Waals surface area contributed by atoms with Crippen LogP contribution < -0.4 is 10.2 Å². The average molecular weight is 493 g/mol. The molecule has 0 aromatic heterocycles. The Morgan fingerprint density at radius 1 is 1.13 bits per heavy atom. The number of ether oxygens (including phenoxy) is 2. The number of thioether (sulfide) groups is 1. The number of nitrogens with zero attached hydrogens (tertiary/aromatic N) is 1. The minimum atomic E-state index is -0.540. The van der Waals surface area contributed by atoms with Crippen molar-refractivity contribution >= 4 is 45.8 Å². The first-order valence-electron chi connectivity index (χ1n) is 9.31. The number of carbonyl (C=O) groups is 2. The Morgan fingerprint density at radius 2 is 1.83 bits per heavy atom. The molecule has 0 aliphatic carbocycles. The summed E-state index contributed by atoms with van der Waals surface area (Å²) in [5, 5.41) is 3.97. The molecule has 0 fully saturated rings. The Labute approximate surface area is 189 Å². The van der Waals surface area contributed by atoms with Crippen molar-refractivity contribution in [2.75, 3.05) is 12.4 Å². The molecule has 30 heavy (non-hydrogen) atoms. The van der Waals surface area contributed by atoms with E-state index in [4.69, 9.17) is 9.47 Å². The zero-order valence-electron chi connectivity index (χ0n) is 17.2. The van der Waals surface area contributed by atoms with Gasteiger partial charge in [-0.3, -0.25) is 4.79 Å². The van der Waals surface area contributed by atoms with Crippen molar-refractivity contribution in [3.05, 3.63) is 64.1 Å². The zero-order chi connectivity index (χ0) is 22.0. The molecule has 0 unspecified atom stereocenters. The second kappa shape index (κ2) is 11.8. The third kappa shape index (κ3) is 9.45. The van der Waals surface area contributed by atoms with E-state index in [1.54, 1.807) is 51.3 Å².